The number of para-hydroxylation sites is 1. The van der Waals surface area contributed by atoms with Crippen LogP contribution in [0.1, 0.15) is 20.3 Å². The molecule has 0 aliphatic heterocycles. The first kappa shape index (κ1) is 17.4. The number of aromatic nitrogens is 4. The number of hydrogen-bond acceptors (Lipinski definition) is 5. The normalized spacial score (nSPS) is 12.4. The smallest absolute Gasteiger partial charge is 0.233 e. The molecular formula is C18H21N5OS. The Bertz CT molecular complexity index is 920. The van der Waals surface area contributed by atoms with Gasteiger partial charge in [-0.05, 0) is 19.4 Å². The highest BCUT2D eigenvalue weighted by molar-refractivity contribution is 8.00. The Morgan fingerprint density at radius 1 is 1.40 bits per heavy atom. The summed E-state index contributed by atoms with van der Waals surface area (Å²) in [6.45, 7) is 8.88. The molecule has 7 heteroatoms. The molecule has 2 heterocycles. The van der Waals surface area contributed by atoms with Crippen LogP contribution in [0, 0.1) is 0 Å². The molecule has 2 aromatic heterocycles. The number of aryl methyl sites for hydroxylation is 1. The molecule has 0 aliphatic rings. The molecule has 0 fully saturated rings. The highest BCUT2D eigenvalue weighted by atomic mass is 32.2. The van der Waals surface area contributed by atoms with Gasteiger partial charge in [-0.3, -0.25) is 4.79 Å². The summed E-state index contributed by atoms with van der Waals surface area (Å²) in [5.74, 6) is -0.0669. The highest BCUT2D eigenvalue weighted by Gasteiger charge is 2.18. The van der Waals surface area contributed by atoms with Crippen LogP contribution in [0.4, 0.5) is 0 Å². The summed E-state index contributed by atoms with van der Waals surface area (Å²) >= 11 is 1.31. The number of nitrogens with one attached hydrogen (secondary N) is 1. The van der Waals surface area contributed by atoms with Gasteiger partial charge in [-0.1, -0.05) is 43.0 Å². The minimum absolute atomic E-state index is 0.0669. The third-order valence-electron chi connectivity index (χ3n) is 3.87. The first-order valence-corrected chi connectivity index (χ1v) is 9.20. The molecular weight excluding hydrogens is 334 g/mol. The van der Waals surface area contributed by atoms with Gasteiger partial charge in [0.15, 0.2) is 5.65 Å². The molecule has 0 bridgehead atoms. The van der Waals surface area contributed by atoms with Crippen molar-refractivity contribution < 1.29 is 4.79 Å². The minimum Gasteiger partial charge on any atom is -0.352 e. The summed E-state index contributed by atoms with van der Waals surface area (Å²) in [6, 6.07) is 8.13. The maximum Gasteiger partial charge on any atom is 0.233 e. The summed E-state index contributed by atoms with van der Waals surface area (Å²) in [5, 5.41) is 12.7. The van der Waals surface area contributed by atoms with E-state index in [1.165, 1.54) is 11.8 Å². The second kappa shape index (κ2) is 7.65. The van der Waals surface area contributed by atoms with Gasteiger partial charge in [0.1, 0.15) is 5.52 Å². The van der Waals surface area contributed by atoms with E-state index < -0.39 is 0 Å². The number of nitrogens with zero attached hydrogens (tertiary/aromatic N) is 4. The SMILES string of the molecule is C=CCNC(=O)C(C)Sc1nnc2c3ccccc3n(CCC)c2n1. The van der Waals surface area contributed by atoms with Gasteiger partial charge >= 0.3 is 0 Å². The quantitative estimate of drug-likeness (QED) is 0.520. The number of thioether (sulfide) groups is 1. The maximum atomic E-state index is 12.0. The first-order valence-electron chi connectivity index (χ1n) is 8.32. The Morgan fingerprint density at radius 2 is 2.20 bits per heavy atom. The van der Waals surface area contributed by atoms with Gasteiger partial charge < -0.3 is 9.88 Å². The monoisotopic (exact) mass is 355 g/mol. The van der Waals surface area contributed by atoms with Crippen LogP contribution in [-0.2, 0) is 11.3 Å². The zero-order chi connectivity index (χ0) is 17.8. The molecule has 25 heavy (non-hydrogen) atoms. The fourth-order valence-electron chi connectivity index (χ4n) is 2.72. The van der Waals surface area contributed by atoms with Gasteiger partial charge in [0.2, 0.25) is 11.1 Å². The molecule has 0 spiro atoms. The average molecular weight is 355 g/mol. The van der Waals surface area contributed by atoms with Gasteiger partial charge in [0, 0.05) is 18.5 Å². The van der Waals surface area contributed by atoms with E-state index in [4.69, 9.17) is 0 Å². The molecule has 1 unspecified atom stereocenters. The third kappa shape index (κ3) is 3.51. The van der Waals surface area contributed by atoms with Gasteiger partial charge in [-0.15, -0.1) is 16.8 Å². The molecule has 3 rings (SSSR count). The van der Waals surface area contributed by atoms with Crippen molar-refractivity contribution in [1.82, 2.24) is 25.1 Å². The number of fused-ring (bicyclic) bond motifs is 3. The molecule has 1 aromatic carbocycles. The number of benzene rings is 1. The maximum absolute atomic E-state index is 12.0. The lowest BCUT2D eigenvalue weighted by Crippen LogP contribution is -2.31. The molecule has 130 valence electrons. The van der Waals surface area contributed by atoms with E-state index in [-0.39, 0.29) is 11.2 Å². The summed E-state index contributed by atoms with van der Waals surface area (Å²) in [7, 11) is 0. The fraction of sp³-hybridized carbons (Fsp3) is 0.333. The molecule has 0 radical (unpaired) electrons. The highest BCUT2D eigenvalue weighted by Crippen LogP contribution is 2.28. The van der Waals surface area contributed by atoms with Crippen molar-refractivity contribution in [2.45, 2.75) is 37.2 Å². The summed E-state index contributed by atoms with van der Waals surface area (Å²) < 4.78 is 2.17. The standard InChI is InChI=1S/C18H21N5OS/c1-4-10-19-17(24)12(3)25-18-20-16-15(21-22-18)13-8-6-7-9-14(13)23(16)11-5-2/h4,6-9,12H,1,5,10-11H2,2-3H3,(H,19,24). The molecule has 1 amide bonds. The van der Waals surface area contributed by atoms with Crippen LogP contribution in [0.15, 0.2) is 42.1 Å². The number of amides is 1. The van der Waals surface area contributed by atoms with Crippen LogP contribution in [0.2, 0.25) is 0 Å². The van der Waals surface area contributed by atoms with Crippen LogP contribution in [0.25, 0.3) is 22.1 Å². The topological polar surface area (TPSA) is 72.7 Å². The minimum atomic E-state index is -0.303. The van der Waals surface area contributed by atoms with Crippen molar-refractivity contribution in [3.8, 4) is 0 Å². The second-order valence-corrected chi connectivity index (χ2v) is 7.04. The van der Waals surface area contributed by atoms with Crippen LogP contribution in [0.3, 0.4) is 0 Å². The van der Waals surface area contributed by atoms with Gasteiger partial charge in [-0.25, -0.2) is 4.98 Å². The van der Waals surface area contributed by atoms with E-state index in [9.17, 15) is 4.79 Å². The number of carbonyl (C=O) groups excluding carboxylic acids is 1. The van der Waals surface area contributed by atoms with Crippen molar-refractivity contribution in [3.63, 3.8) is 0 Å². The Balaban J connectivity index is 1.96. The van der Waals surface area contributed by atoms with E-state index in [0.717, 1.165) is 35.0 Å². The third-order valence-corrected chi connectivity index (χ3v) is 4.83. The Morgan fingerprint density at radius 3 is 2.96 bits per heavy atom. The van der Waals surface area contributed by atoms with Gasteiger partial charge in [-0.2, -0.15) is 0 Å². The largest absolute Gasteiger partial charge is 0.352 e. The summed E-state index contributed by atoms with van der Waals surface area (Å²) in [6.07, 6.45) is 2.66. The van der Waals surface area contributed by atoms with Gasteiger partial charge in [0.05, 0.1) is 10.8 Å². The lowest BCUT2D eigenvalue weighted by molar-refractivity contribution is -0.120. The average Bonchev–Trinajstić information content (AvgIpc) is 2.93. The Kier molecular flexibility index (Phi) is 5.33. The fourth-order valence-corrected chi connectivity index (χ4v) is 3.45. The van der Waals surface area contributed by atoms with Crippen molar-refractivity contribution >= 4 is 39.7 Å². The van der Waals surface area contributed by atoms with Crippen LogP contribution in [-0.4, -0.2) is 37.5 Å². The Hall–Kier alpha value is -2.41. The van der Waals surface area contributed by atoms with Crippen LogP contribution in [0.5, 0.6) is 0 Å². The second-order valence-electron chi connectivity index (χ2n) is 5.73. The first-order chi connectivity index (χ1) is 12.2. The lowest BCUT2D eigenvalue weighted by Gasteiger charge is -2.09. The number of rotatable bonds is 7. The molecule has 0 saturated heterocycles. The van der Waals surface area contributed by atoms with E-state index in [1.807, 2.05) is 25.1 Å². The van der Waals surface area contributed by atoms with Crippen molar-refractivity contribution in [3.05, 3.63) is 36.9 Å². The summed E-state index contributed by atoms with van der Waals surface area (Å²) in [5.41, 5.74) is 2.73. The van der Waals surface area contributed by atoms with E-state index >= 15 is 0 Å². The van der Waals surface area contributed by atoms with Crippen molar-refractivity contribution in [2.24, 2.45) is 0 Å². The molecule has 6 nitrogen and oxygen atoms in total. The molecule has 0 aliphatic carbocycles. The molecule has 3 aromatic rings. The lowest BCUT2D eigenvalue weighted by atomic mass is 10.2. The van der Waals surface area contributed by atoms with Crippen molar-refractivity contribution in [2.75, 3.05) is 6.54 Å². The Labute approximate surface area is 150 Å². The molecule has 1 N–H and O–H groups in total. The predicted octanol–water partition coefficient (Wildman–Crippen LogP) is 3.17. The number of hydrogen-bond donors (Lipinski definition) is 1. The zero-order valence-corrected chi connectivity index (χ0v) is 15.2. The van der Waals surface area contributed by atoms with Crippen LogP contribution >= 0.6 is 11.8 Å². The van der Waals surface area contributed by atoms with Crippen LogP contribution < -0.4 is 5.32 Å². The number of carbonyl (C=O) groups is 1. The summed E-state index contributed by atoms with van der Waals surface area (Å²) in [4.78, 5) is 16.7. The zero-order valence-electron chi connectivity index (χ0n) is 14.4. The van der Waals surface area contributed by atoms with E-state index in [1.54, 1.807) is 6.08 Å². The predicted molar refractivity (Wildman–Crippen MR) is 102 cm³/mol. The van der Waals surface area contributed by atoms with E-state index in [2.05, 4.69) is 44.6 Å². The molecule has 1 atom stereocenters. The van der Waals surface area contributed by atoms with E-state index in [0.29, 0.717) is 11.7 Å². The van der Waals surface area contributed by atoms with Crippen molar-refractivity contribution in [1.29, 1.82) is 0 Å². The molecule has 0 saturated carbocycles. The van der Waals surface area contributed by atoms with Gasteiger partial charge in [0.25, 0.3) is 0 Å².